The summed E-state index contributed by atoms with van der Waals surface area (Å²) < 4.78 is 19.2. The molecule has 0 radical (unpaired) electrons. The van der Waals surface area contributed by atoms with Crippen LogP contribution in [0, 0.1) is 5.82 Å². The van der Waals surface area contributed by atoms with Crippen LogP contribution < -0.4 is 15.1 Å². The summed E-state index contributed by atoms with van der Waals surface area (Å²) in [5.74, 6) is -0.474. The maximum absolute atomic E-state index is 13.2. The highest BCUT2D eigenvalue weighted by atomic mass is 19.1. The number of aliphatic hydroxyl groups is 2. The zero-order valence-corrected chi connectivity index (χ0v) is 19.6. The second-order valence-electron chi connectivity index (χ2n) is 9.03. The number of amides is 1. The Morgan fingerprint density at radius 2 is 1.71 bits per heavy atom. The number of carbonyl (C=O) groups is 1. The van der Waals surface area contributed by atoms with E-state index in [1.165, 1.54) is 12.1 Å². The highest BCUT2D eigenvalue weighted by Crippen LogP contribution is 2.28. The Kier molecular flexibility index (Phi) is 7.67. The van der Waals surface area contributed by atoms with Gasteiger partial charge < -0.3 is 30.1 Å². The summed E-state index contributed by atoms with van der Waals surface area (Å²) in [7, 11) is 3.88. The molecule has 4 rings (SSSR count). The Labute approximate surface area is 199 Å². The fourth-order valence-electron chi connectivity index (χ4n) is 4.73. The zero-order chi connectivity index (χ0) is 24.2. The number of ether oxygens (including phenoxy) is 1. The molecular formula is C25H33FN4O4. The Bertz CT molecular complexity index is 948. The minimum atomic E-state index is -0.858. The smallest absolute Gasteiger partial charge is 0.251 e. The first-order chi connectivity index (χ1) is 16.4. The number of piperazine rings is 1. The molecule has 2 aliphatic rings. The Morgan fingerprint density at radius 1 is 1.06 bits per heavy atom. The van der Waals surface area contributed by atoms with Crippen molar-refractivity contribution in [2.24, 2.45) is 0 Å². The van der Waals surface area contributed by atoms with E-state index in [2.05, 4.69) is 15.1 Å². The van der Waals surface area contributed by atoms with E-state index in [4.69, 9.17) is 4.74 Å². The largest absolute Gasteiger partial charge is 0.394 e. The lowest BCUT2D eigenvalue weighted by Gasteiger charge is -2.41. The van der Waals surface area contributed by atoms with Crippen LogP contribution in [0.3, 0.4) is 0 Å². The third kappa shape index (κ3) is 5.33. The number of carbonyl (C=O) groups excluding carboxylic acids is 1. The SMILES string of the molecule is CN(C)c1ccc(C(=O)NC[C@H]2O[C@@H](CO)[C@@H](O)[C@H]2N2CCN(c3ccc(F)cc3)CC2)cc1. The van der Waals surface area contributed by atoms with Gasteiger partial charge in [0.25, 0.3) is 5.91 Å². The summed E-state index contributed by atoms with van der Waals surface area (Å²) in [6.45, 7) is 2.73. The molecular weight excluding hydrogens is 439 g/mol. The van der Waals surface area contributed by atoms with E-state index < -0.39 is 18.3 Å². The van der Waals surface area contributed by atoms with Crippen molar-refractivity contribution in [3.63, 3.8) is 0 Å². The van der Waals surface area contributed by atoms with Crippen LogP contribution in [0.1, 0.15) is 10.4 Å². The molecule has 0 spiro atoms. The van der Waals surface area contributed by atoms with Gasteiger partial charge in [-0.05, 0) is 48.5 Å². The van der Waals surface area contributed by atoms with Crippen molar-refractivity contribution in [3.8, 4) is 0 Å². The summed E-state index contributed by atoms with van der Waals surface area (Å²) in [5.41, 5.74) is 2.51. The van der Waals surface area contributed by atoms with Crippen LogP contribution in [0.25, 0.3) is 0 Å². The van der Waals surface area contributed by atoms with Gasteiger partial charge in [0.1, 0.15) is 18.0 Å². The minimum absolute atomic E-state index is 0.212. The molecule has 0 saturated carbocycles. The number of halogens is 1. The van der Waals surface area contributed by atoms with Gasteiger partial charge in [0.05, 0.1) is 18.8 Å². The standard InChI is InChI=1S/C25H33FN4O4/c1-28(2)19-7-3-17(4-8-19)25(33)27-15-21-23(24(32)22(16-31)34-21)30-13-11-29(12-14-30)20-9-5-18(26)6-10-20/h3-10,21-24,31-32H,11-16H2,1-2H3,(H,27,33)/t21-,22+,23+,24-/m1/s1. The van der Waals surface area contributed by atoms with Crippen molar-refractivity contribution in [1.29, 1.82) is 0 Å². The molecule has 0 aromatic heterocycles. The summed E-state index contributed by atoms with van der Waals surface area (Å²) in [6.07, 6.45) is -2.00. The van der Waals surface area contributed by atoms with Crippen LogP contribution in [0.2, 0.25) is 0 Å². The van der Waals surface area contributed by atoms with Crippen LogP contribution in [0.5, 0.6) is 0 Å². The maximum atomic E-state index is 13.2. The van der Waals surface area contributed by atoms with E-state index in [9.17, 15) is 19.4 Å². The first-order valence-corrected chi connectivity index (χ1v) is 11.6. The molecule has 0 unspecified atom stereocenters. The normalized spacial score (nSPS) is 25.4. The molecule has 2 fully saturated rings. The molecule has 184 valence electrons. The van der Waals surface area contributed by atoms with Crippen molar-refractivity contribution in [2.45, 2.75) is 24.4 Å². The second-order valence-corrected chi connectivity index (χ2v) is 9.03. The molecule has 2 aromatic carbocycles. The molecule has 2 saturated heterocycles. The maximum Gasteiger partial charge on any atom is 0.251 e. The minimum Gasteiger partial charge on any atom is -0.394 e. The molecule has 8 nitrogen and oxygen atoms in total. The summed E-state index contributed by atoms with van der Waals surface area (Å²) in [6, 6.07) is 13.4. The Balaban J connectivity index is 1.37. The number of nitrogens with zero attached hydrogens (tertiary/aromatic N) is 3. The zero-order valence-electron chi connectivity index (χ0n) is 19.6. The fourth-order valence-corrected chi connectivity index (χ4v) is 4.73. The predicted octanol–water partition coefficient (Wildman–Crippen LogP) is 0.933. The van der Waals surface area contributed by atoms with Crippen molar-refractivity contribution < 1.29 is 24.1 Å². The van der Waals surface area contributed by atoms with E-state index in [1.54, 1.807) is 24.3 Å². The van der Waals surface area contributed by atoms with Crippen LogP contribution in [-0.4, -0.2) is 98.8 Å². The van der Waals surface area contributed by atoms with Crippen LogP contribution >= 0.6 is 0 Å². The second kappa shape index (κ2) is 10.7. The average Bonchev–Trinajstić information content (AvgIpc) is 3.18. The Morgan fingerprint density at radius 3 is 2.29 bits per heavy atom. The summed E-state index contributed by atoms with van der Waals surface area (Å²) in [4.78, 5) is 19.0. The van der Waals surface area contributed by atoms with E-state index in [0.29, 0.717) is 18.7 Å². The highest BCUT2D eigenvalue weighted by molar-refractivity contribution is 5.94. The summed E-state index contributed by atoms with van der Waals surface area (Å²) in [5, 5.41) is 23.4. The number of hydrogen-bond donors (Lipinski definition) is 3. The third-order valence-electron chi connectivity index (χ3n) is 6.68. The van der Waals surface area contributed by atoms with Crippen molar-refractivity contribution in [1.82, 2.24) is 10.2 Å². The lowest BCUT2D eigenvalue weighted by atomic mass is 10.0. The molecule has 0 aliphatic carbocycles. The Hall–Kier alpha value is -2.72. The number of anilines is 2. The van der Waals surface area contributed by atoms with Gasteiger partial charge in [0, 0.05) is 63.8 Å². The van der Waals surface area contributed by atoms with Gasteiger partial charge in [-0.25, -0.2) is 4.39 Å². The first kappa shape index (κ1) is 24.4. The van der Waals surface area contributed by atoms with Gasteiger partial charge in [-0.3, -0.25) is 9.69 Å². The number of nitrogens with one attached hydrogen (secondary N) is 1. The van der Waals surface area contributed by atoms with E-state index in [1.807, 2.05) is 31.1 Å². The number of aliphatic hydroxyl groups excluding tert-OH is 2. The molecule has 2 heterocycles. The van der Waals surface area contributed by atoms with Gasteiger partial charge in [0.15, 0.2) is 0 Å². The van der Waals surface area contributed by atoms with Gasteiger partial charge in [-0.15, -0.1) is 0 Å². The van der Waals surface area contributed by atoms with E-state index in [0.717, 1.165) is 24.5 Å². The van der Waals surface area contributed by atoms with Gasteiger partial charge in [-0.2, -0.15) is 0 Å². The van der Waals surface area contributed by atoms with E-state index >= 15 is 0 Å². The molecule has 34 heavy (non-hydrogen) atoms. The fraction of sp³-hybridized carbons (Fsp3) is 0.480. The molecule has 0 bridgehead atoms. The van der Waals surface area contributed by atoms with Crippen LogP contribution in [-0.2, 0) is 4.74 Å². The number of hydrogen-bond acceptors (Lipinski definition) is 7. The predicted molar refractivity (Wildman–Crippen MR) is 129 cm³/mol. The molecule has 1 amide bonds. The van der Waals surface area contributed by atoms with Gasteiger partial charge in [0.2, 0.25) is 0 Å². The molecule has 9 heteroatoms. The van der Waals surface area contributed by atoms with Crippen LogP contribution in [0.4, 0.5) is 15.8 Å². The van der Waals surface area contributed by atoms with E-state index in [-0.39, 0.29) is 30.9 Å². The number of benzene rings is 2. The topological polar surface area (TPSA) is 88.5 Å². The third-order valence-corrected chi connectivity index (χ3v) is 6.68. The molecule has 3 N–H and O–H groups in total. The van der Waals surface area contributed by atoms with Gasteiger partial charge in [-0.1, -0.05) is 0 Å². The van der Waals surface area contributed by atoms with Crippen LogP contribution in [0.15, 0.2) is 48.5 Å². The average molecular weight is 473 g/mol. The lowest BCUT2D eigenvalue weighted by molar-refractivity contribution is -0.0209. The lowest BCUT2D eigenvalue weighted by Crippen LogP contribution is -2.57. The quantitative estimate of drug-likeness (QED) is 0.553. The molecule has 2 aromatic rings. The molecule has 4 atom stereocenters. The summed E-state index contributed by atoms with van der Waals surface area (Å²) >= 11 is 0. The highest BCUT2D eigenvalue weighted by Gasteiger charge is 2.46. The number of rotatable bonds is 7. The first-order valence-electron chi connectivity index (χ1n) is 11.6. The van der Waals surface area contributed by atoms with Gasteiger partial charge >= 0.3 is 0 Å². The van der Waals surface area contributed by atoms with Crippen molar-refractivity contribution in [3.05, 3.63) is 59.9 Å². The van der Waals surface area contributed by atoms with Crippen molar-refractivity contribution in [2.75, 3.05) is 63.2 Å². The molecule has 2 aliphatic heterocycles. The van der Waals surface area contributed by atoms with Crippen molar-refractivity contribution >= 4 is 17.3 Å². The monoisotopic (exact) mass is 472 g/mol.